The van der Waals surface area contributed by atoms with Gasteiger partial charge in [0.05, 0.1) is 10.0 Å². The van der Waals surface area contributed by atoms with E-state index in [4.69, 9.17) is 27.9 Å². The average molecular weight is 391 g/mol. The minimum Gasteiger partial charge on any atom is -0.486 e. The van der Waals surface area contributed by atoms with Crippen LogP contribution < -0.4 is 10.1 Å². The smallest absolute Gasteiger partial charge is 0.328 e. The number of urea groups is 1. The minimum absolute atomic E-state index is 0.165. The number of nitrogens with one attached hydrogen (secondary N) is 1. The van der Waals surface area contributed by atoms with Gasteiger partial charge >= 0.3 is 6.03 Å². The van der Waals surface area contributed by atoms with Crippen LogP contribution >= 0.6 is 23.2 Å². The molecule has 0 aliphatic carbocycles. The Morgan fingerprint density at radius 1 is 1.12 bits per heavy atom. The van der Waals surface area contributed by atoms with Gasteiger partial charge in [-0.25, -0.2) is 4.79 Å². The van der Waals surface area contributed by atoms with Gasteiger partial charge in [0, 0.05) is 7.05 Å². The van der Waals surface area contributed by atoms with Gasteiger partial charge in [0.15, 0.2) is 5.75 Å². The van der Waals surface area contributed by atoms with E-state index in [-0.39, 0.29) is 5.70 Å². The van der Waals surface area contributed by atoms with Gasteiger partial charge in [-0.3, -0.25) is 9.69 Å². The van der Waals surface area contributed by atoms with Gasteiger partial charge in [0.25, 0.3) is 5.91 Å². The molecule has 0 atom stereocenters. The highest BCUT2D eigenvalue weighted by atomic mass is 35.5. The molecule has 0 saturated carbocycles. The predicted octanol–water partition coefficient (Wildman–Crippen LogP) is 4.40. The first kappa shape index (κ1) is 18.3. The fraction of sp³-hybridized carbons (Fsp3) is 0.158. The molecule has 0 unspecified atom stereocenters. The van der Waals surface area contributed by atoms with Crippen LogP contribution in [0.3, 0.4) is 0 Å². The summed E-state index contributed by atoms with van der Waals surface area (Å²) in [5, 5.41) is 3.13. The number of imide groups is 1. The number of carbonyl (C=O) groups is 2. The lowest BCUT2D eigenvalue weighted by Crippen LogP contribution is -2.25. The molecule has 3 rings (SSSR count). The summed E-state index contributed by atoms with van der Waals surface area (Å²) in [6.45, 7) is 2.35. The van der Waals surface area contributed by atoms with Crippen LogP contribution in [-0.2, 0) is 11.4 Å². The number of hydrogen-bond donors (Lipinski definition) is 1. The van der Waals surface area contributed by atoms with Crippen molar-refractivity contribution in [1.29, 1.82) is 0 Å². The van der Waals surface area contributed by atoms with Crippen molar-refractivity contribution in [2.45, 2.75) is 13.5 Å². The van der Waals surface area contributed by atoms with E-state index in [2.05, 4.69) is 5.32 Å². The van der Waals surface area contributed by atoms with E-state index < -0.39 is 11.9 Å². The summed E-state index contributed by atoms with van der Waals surface area (Å²) in [5.74, 6) is -0.0445. The number of hydrogen-bond acceptors (Lipinski definition) is 3. The van der Waals surface area contributed by atoms with Gasteiger partial charge in [-0.1, -0.05) is 53.0 Å². The molecule has 7 heteroatoms. The average Bonchev–Trinajstić information content (AvgIpc) is 2.83. The summed E-state index contributed by atoms with van der Waals surface area (Å²) in [6, 6.07) is 10.7. The van der Waals surface area contributed by atoms with Crippen LogP contribution in [0.4, 0.5) is 4.79 Å². The topological polar surface area (TPSA) is 58.6 Å². The van der Waals surface area contributed by atoms with E-state index in [0.29, 0.717) is 28.0 Å². The Morgan fingerprint density at radius 2 is 1.73 bits per heavy atom. The monoisotopic (exact) mass is 390 g/mol. The zero-order chi connectivity index (χ0) is 18.8. The maximum absolute atomic E-state index is 11.9. The van der Waals surface area contributed by atoms with Crippen LogP contribution in [-0.4, -0.2) is 23.9 Å². The maximum atomic E-state index is 11.9. The van der Waals surface area contributed by atoms with Crippen molar-refractivity contribution in [2.75, 3.05) is 7.05 Å². The van der Waals surface area contributed by atoms with Crippen molar-refractivity contribution in [3.05, 3.63) is 68.8 Å². The Labute approximate surface area is 161 Å². The van der Waals surface area contributed by atoms with E-state index in [1.54, 1.807) is 12.1 Å². The zero-order valence-corrected chi connectivity index (χ0v) is 15.7. The van der Waals surface area contributed by atoms with Gasteiger partial charge in [-0.2, -0.15) is 0 Å². The lowest BCUT2D eigenvalue weighted by molar-refractivity contribution is -0.121. The summed E-state index contributed by atoms with van der Waals surface area (Å²) >= 11 is 12.6. The summed E-state index contributed by atoms with van der Waals surface area (Å²) < 4.78 is 5.74. The highest BCUT2D eigenvalue weighted by Crippen LogP contribution is 2.35. The molecule has 2 aromatic rings. The summed E-state index contributed by atoms with van der Waals surface area (Å²) in [7, 11) is 1.40. The molecule has 26 heavy (non-hydrogen) atoms. The second-order valence-corrected chi connectivity index (χ2v) is 6.75. The van der Waals surface area contributed by atoms with Gasteiger partial charge in [-0.05, 0) is 36.3 Å². The lowest BCUT2D eigenvalue weighted by Gasteiger charge is -2.11. The third-order valence-corrected chi connectivity index (χ3v) is 4.48. The number of halogens is 2. The highest BCUT2D eigenvalue weighted by molar-refractivity contribution is 6.37. The lowest BCUT2D eigenvalue weighted by atomic mass is 10.1. The third-order valence-electron chi connectivity index (χ3n) is 3.92. The number of benzene rings is 2. The van der Waals surface area contributed by atoms with Crippen molar-refractivity contribution < 1.29 is 14.3 Å². The van der Waals surface area contributed by atoms with Gasteiger partial charge in [0.1, 0.15) is 12.3 Å². The zero-order valence-electron chi connectivity index (χ0n) is 14.2. The Balaban J connectivity index is 1.79. The number of carbonyl (C=O) groups excluding carboxylic acids is 2. The molecule has 0 aromatic heterocycles. The fourth-order valence-corrected chi connectivity index (χ4v) is 3.04. The molecule has 0 bridgehead atoms. The van der Waals surface area contributed by atoms with E-state index in [0.717, 1.165) is 10.5 Å². The molecule has 1 N–H and O–H groups in total. The molecular weight excluding hydrogens is 375 g/mol. The molecule has 5 nitrogen and oxygen atoms in total. The van der Waals surface area contributed by atoms with Gasteiger partial charge in [-0.15, -0.1) is 0 Å². The molecule has 1 fully saturated rings. The first-order chi connectivity index (χ1) is 12.3. The Bertz CT molecular complexity index is 884. The normalized spacial score (nSPS) is 15.5. The van der Waals surface area contributed by atoms with Crippen LogP contribution in [0.25, 0.3) is 6.08 Å². The fourth-order valence-electron chi connectivity index (χ4n) is 2.43. The number of amides is 3. The Kier molecular flexibility index (Phi) is 5.20. The number of aryl methyl sites for hydroxylation is 1. The quantitative estimate of drug-likeness (QED) is 0.621. The molecule has 0 radical (unpaired) electrons. The molecule has 2 aromatic carbocycles. The molecule has 3 amide bonds. The summed E-state index contributed by atoms with van der Waals surface area (Å²) in [5.41, 5.74) is 2.91. The van der Waals surface area contributed by atoms with E-state index in [1.165, 1.54) is 18.7 Å². The number of likely N-dealkylation sites (N-methyl/N-ethyl adjacent to an activating group) is 1. The van der Waals surface area contributed by atoms with Crippen molar-refractivity contribution in [1.82, 2.24) is 10.2 Å². The summed E-state index contributed by atoms with van der Waals surface area (Å²) in [6.07, 6.45) is 1.52. The number of ether oxygens (including phenoxy) is 1. The molecule has 134 valence electrons. The molecular formula is C19H16Cl2N2O3. The predicted molar refractivity (Wildman–Crippen MR) is 101 cm³/mol. The SMILES string of the molecule is Cc1ccc(COc2c(Cl)cc(/C=C3/NC(=O)N(C)C3=O)cc2Cl)cc1. The van der Waals surface area contributed by atoms with E-state index in [9.17, 15) is 9.59 Å². The Morgan fingerprint density at radius 3 is 2.27 bits per heavy atom. The van der Waals surface area contributed by atoms with Crippen molar-refractivity contribution in [2.24, 2.45) is 0 Å². The van der Waals surface area contributed by atoms with E-state index >= 15 is 0 Å². The third kappa shape index (κ3) is 3.84. The van der Waals surface area contributed by atoms with Crippen molar-refractivity contribution in [3.63, 3.8) is 0 Å². The molecule has 1 saturated heterocycles. The number of nitrogens with zero attached hydrogens (tertiary/aromatic N) is 1. The molecule has 1 aliphatic heterocycles. The van der Waals surface area contributed by atoms with Crippen LogP contribution in [0.1, 0.15) is 16.7 Å². The first-order valence-corrected chi connectivity index (χ1v) is 8.59. The van der Waals surface area contributed by atoms with Crippen LogP contribution in [0.2, 0.25) is 10.0 Å². The second-order valence-electron chi connectivity index (χ2n) is 5.94. The number of rotatable bonds is 4. The maximum Gasteiger partial charge on any atom is 0.328 e. The van der Waals surface area contributed by atoms with Crippen molar-refractivity contribution >= 4 is 41.2 Å². The highest BCUT2D eigenvalue weighted by Gasteiger charge is 2.30. The van der Waals surface area contributed by atoms with E-state index in [1.807, 2.05) is 31.2 Å². The van der Waals surface area contributed by atoms with Crippen LogP contribution in [0.5, 0.6) is 5.75 Å². The largest absolute Gasteiger partial charge is 0.486 e. The molecule has 0 spiro atoms. The minimum atomic E-state index is -0.475. The van der Waals surface area contributed by atoms with Gasteiger partial charge < -0.3 is 10.1 Å². The standard InChI is InChI=1S/C19H16Cl2N2O3/c1-11-3-5-12(6-4-11)10-26-17-14(20)7-13(8-15(17)21)9-16-18(24)23(2)19(25)22-16/h3-9H,10H2,1-2H3,(H,22,25)/b16-9+. The molecule has 1 aliphatic rings. The molecule has 1 heterocycles. The van der Waals surface area contributed by atoms with Crippen LogP contribution in [0, 0.1) is 6.92 Å². The summed E-state index contributed by atoms with van der Waals surface area (Å²) in [4.78, 5) is 24.4. The van der Waals surface area contributed by atoms with Crippen molar-refractivity contribution in [3.8, 4) is 5.75 Å². The Hall–Kier alpha value is -2.50. The van der Waals surface area contributed by atoms with Gasteiger partial charge in [0.2, 0.25) is 0 Å². The second kappa shape index (κ2) is 7.40. The first-order valence-electron chi connectivity index (χ1n) is 7.83. The van der Waals surface area contributed by atoms with Crippen LogP contribution in [0.15, 0.2) is 42.1 Å².